The van der Waals surface area contributed by atoms with Gasteiger partial charge in [-0.2, -0.15) is 0 Å². The fourth-order valence-corrected chi connectivity index (χ4v) is 1.25. The molecule has 0 saturated heterocycles. The molecule has 11 heavy (non-hydrogen) atoms. The van der Waals surface area contributed by atoms with Crippen molar-refractivity contribution in [3.8, 4) is 0 Å². The van der Waals surface area contributed by atoms with Crippen molar-refractivity contribution in [2.75, 3.05) is 7.11 Å². The van der Waals surface area contributed by atoms with E-state index in [0.717, 1.165) is 6.42 Å². The maximum atomic E-state index is 10.9. The first-order valence-corrected chi connectivity index (χ1v) is 3.88. The largest absolute Gasteiger partial charge is 0.469 e. The van der Waals surface area contributed by atoms with Crippen molar-refractivity contribution < 1.29 is 9.53 Å². The first-order chi connectivity index (χ1) is 5.15. The molecule has 1 saturated carbocycles. The van der Waals surface area contributed by atoms with Gasteiger partial charge in [-0.3, -0.25) is 4.79 Å². The lowest BCUT2D eigenvalue weighted by molar-refractivity contribution is -0.142. The van der Waals surface area contributed by atoms with Crippen LogP contribution in [-0.4, -0.2) is 13.1 Å². The van der Waals surface area contributed by atoms with E-state index in [1.807, 2.05) is 13.8 Å². The number of hydrogen-bond donors (Lipinski definition) is 0. The van der Waals surface area contributed by atoms with E-state index < -0.39 is 0 Å². The van der Waals surface area contributed by atoms with Gasteiger partial charge in [-0.05, 0) is 26.2 Å². The van der Waals surface area contributed by atoms with E-state index in [1.165, 1.54) is 12.7 Å². The summed E-state index contributed by atoms with van der Waals surface area (Å²) in [6.45, 7) is 4.10. The van der Waals surface area contributed by atoms with E-state index in [2.05, 4.69) is 10.8 Å². The Labute approximate surface area is 67.2 Å². The summed E-state index contributed by atoms with van der Waals surface area (Å²) in [5.74, 6) is 0.537. The minimum Gasteiger partial charge on any atom is -0.469 e. The maximum absolute atomic E-state index is 10.9. The molecule has 0 aromatic heterocycles. The van der Waals surface area contributed by atoms with E-state index in [1.54, 1.807) is 0 Å². The Kier molecular flexibility index (Phi) is 2.32. The third-order valence-electron chi connectivity index (χ3n) is 1.89. The molecule has 0 radical (unpaired) electrons. The van der Waals surface area contributed by atoms with E-state index in [-0.39, 0.29) is 11.9 Å². The van der Waals surface area contributed by atoms with Gasteiger partial charge in [0, 0.05) is 0 Å². The van der Waals surface area contributed by atoms with Gasteiger partial charge >= 0.3 is 5.97 Å². The summed E-state index contributed by atoms with van der Waals surface area (Å²) in [6, 6.07) is 0. The summed E-state index contributed by atoms with van der Waals surface area (Å²) in [5.41, 5.74) is 1.28. The molecule has 0 aliphatic heterocycles. The highest BCUT2D eigenvalue weighted by Gasteiger charge is 2.42. The summed E-state index contributed by atoms with van der Waals surface area (Å²) < 4.78 is 4.62. The highest BCUT2D eigenvalue weighted by molar-refractivity contribution is 5.76. The second-order valence-corrected chi connectivity index (χ2v) is 3.27. The first-order valence-electron chi connectivity index (χ1n) is 3.88. The van der Waals surface area contributed by atoms with Crippen molar-refractivity contribution >= 4 is 5.97 Å². The van der Waals surface area contributed by atoms with Gasteiger partial charge in [-0.25, -0.2) is 0 Å². The molecule has 62 valence electrons. The number of methoxy groups -OCH3 is 1. The molecule has 1 aliphatic carbocycles. The number of carbonyl (C=O) groups is 1. The summed E-state index contributed by atoms with van der Waals surface area (Å²) in [6.07, 6.45) is 3.11. The molecule has 1 aliphatic rings. The molecule has 2 heteroatoms. The molecule has 0 spiro atoms. The van der Waals surface area contributed by atoms with Crippen LogP contribution in [0.5, 0.6) is 0 Å². The second-order valence-electron chi connectivity index (χ2n) is 3.27. The Bertz CT molecular complexity index is 190. The quantitative estimate of drug-likeness (QED) is 0.447. The normalized spacial score (nSPS) is 27.5. The fraction of sp³-hybridized carbons (Fsp3) is 0.667. The molecule has 0 bridgehead atoms. The maximum Gasteiger partial charge on any atom is 0.309 e. The van der Waals surface area contributed by atoms with Gasteiger partial charge in [-0.15, -0.1) is 0 Å². The molecule has 0 amide bonds. The van der Waals surface area contributed by atoms with Crippen molar-refractivity contribution in [3.05, 3.63) is 11.6 Å². The molecule has 0 heterocycles. The third kappa shape index (κ3) is 2.07. The molecular formula is C9H14O2. The number of carbonyl (C=O) groups excluding carboxylic acids is 1. The molecule has 0 aromatic rings. The number of ether oxygens (including phenoxy) is 1. The van der Waals surface area contributed by atoms with E-state index in [0.29, 0.717) is 5.92 Å². The minimum absolute atomic E-state index is 0.0625. The topological polar surface area (TPSA) is 26.3 Å². The minimum atomic E-state index is -0.0625. The monoisotopic (exact) mass is 154 g/mol. The van der Waals surface area contributed by atoms with Crippen LogP contribution in [-0.2, 0) is 9.53 Å². The predicted octanol–water partition coefficient (Wildman–Crippen LogP) is 1.76. The third-order valence-corrected chi connectivity index (χ3v) is 1.89. The number of allylic oxidation sites excluding steroid dienone is 2. The van der Waals surface area contributed by atoms with Crippen LogP contribution >= 0.6 is 0 Å². The Morgan fingerprint density at radius 1 is 1.55 bits per heavy atom. The fourth-order valence-electron chi connectivity index (χ4n) is 1.25. The molecular weight excluding hydrogens is 140 g/mol. The zero-order valence-corrected chi connectivity index (χ0v) is 7.26. The van der Waals surface area contributed by atoms with Gasteiger partial charge in [0.05, 0.1) is 13.0 Å². The van der Waals surface area contributed by atoms with E-state index in [9.17, 15) is 4.79 Å². The van der Waals surface area contributed by atoms with Gasteiger partial charge in [0.1, 0.15) is 0 Å². The van der Waals surface area contributed by atoms with E-state index >= 15 is 0 Å². The first kappa shape index (κ1) is 8.31. The number of esters is 1. The molecule has 2 atom stereocenters. The molecule has 2 unspecified atom stereocenters. The molecule has 2 nitrogen and oxygen atoms in total. The van der Waals surface area contributed by atoms with Crippen LogP contribution in [0.4, 0.5) is 0 Å². The Balaban J connectivity index is 2.38. The van der Waals surface area contributed by atoms with Crippen LogP contribution in [0.25, 0.3) is 0 Å². The Morgan fingerprint density at radius 3 is 2.64 bits per heavy atom. The van der Waals surface area contributed by atoms with Crippen LogP contribution in [0, 0.1) is 11.8 Å². The molecule has 0 N–H and O–H groups in total. The smallest absolute Gasteiger partial charge is 0.309 e. The van der Waals surface area contributed by atoms with Crippen molar-refractivity contribution in [2.45, 2.75) is 20.3 Å². The lowest BCUT2D eigenvalue weighted by Gasteiger charge is -1.93. The van der Waals surface area contributed by atoms with Gasteiger partial charge in [0.15, 0.2) is 0 Å². The van der Waals surface area contributed by atoms with Gasteiger partial charge in [0.2, 0.25) is 0 Å². The lowest BCUT2D eigenvalue weighted by Crippen LogP contribution is -2.03. The standard InChI is InChI=1S/C9H14O2/c1-6(2)4-7-5-8(7)9(10)11-3/h4,7-8H,5H2,1-3H3. The molecule has 1 fully saturated rings. The van der Waals surface area contributed by atoms with E-state index in [4.69, 9.17) is 0 Å². The summed E-state index contributed by atoms with van der Waals surface area (Å²) in [5, 5.41) is 0. The van der Waals surface area contributed by atoms with Crippen LogP contribution in [0.1, 0.15) is 20.3 Å². The summed E-state index contributed by atoms with van der Waals surface area (Å²) >= 11 is 0. The SMILES string of the molecule is COC(=O)C1CC1C=C(C)C. The molecule has 1 rings (SSSR count). The average molecular weight is 154 g/mol. The van der Waals surface area contributed by atoms with Crippen molar-refractivity contribution in [3.63, 3.8) is 0 Å². The van der Waals surface area contributed by atoms with Crippen molar-refractivity contribution in [1.29, 1.82) is 0 Å². The van der Waals surface area contributed by atoms with Crippen LogP contribution in [0.15, 0.2) is 11.6 Å². The number of hydrogen-bond acceptors (Lipinski definition) is 2. The number of rotatable bonds is 2. The second kappa shape index (κ2) is 3.07. The van der Waals surface area contributed by atoms with Crippen molar-refractivity contribution in [1.82, 2.24) is 0 Å². The lowest BCUT2D eigenvalue weighted by atomic mass is 10.2. The van der Waals surface area contributed by atoms with Crippen LogP contribution < -0.4 is 0 Å². The van der Waals surface area contributed by atoms with Crippen molar-refractivity contribution in [2.24, 2.45) is 11.8 Å². The predicted molar refractivity (Wildman–Crippen MR) is 43.0 cm³/mol. The van der Waals surface area contributed by atoms with Gasteiger partial charge in [0.25, 0.3) is 0 Å². The Hall–Kier alpha value is -0.790. The summed E-state index contributed by atoms with van der Waals surface area (Å²) in [7, 11) is 1.44. The zero-order valence-electron chi connectivity index (χ0n) is 7.26. The van der Waals surface area contributed by atoms with Gasteiger partial charge in [-0.1, -0.05) is 11.6 Å². The molecule has 0 aromatic carbocycles. The highest BCUT2D eigenvalue weighted by Crippen LogP contribution is 2.41. The average Bonchev–Trinajstić information content (AvgIpc) is 2.65. The zero-order chi connectivity index (χ0) is 8.43. The highest BCUT2D eigenvalue weighted by atomic mass is 16.5. The van der Waals surface area contributed by atoms with Crippen LogP contribution in [0.3, 0.4) is 0 Å². The summed E-state index contributed by atoms with van der Waals surface area (Å²) in [4.78, 5) is 10.9. The Morgan fingerprint density at radius 2 is 2.18 bits per heavy atom. The van der Waals surface area contributed by atoms with Crippen LogP contribution in [0.2, 0.25) is 0 Å². The van der Waals surface area contributed by atoms with Gasteiger partial charge < -0.3 is 4.74 Å².